The van der Waals surface area contributed by atoms with Gasteiger partial charge in [0.1, 0.15) is 5.75 Å². The average molecular weight is 303 g/mol. The van der Waals surface area contributed by atoms with Gasteiger partial charge in [-0.05, 0) is 18.2 Å². The lowest BCUT2D eigenvalue weighted by Gasteiger charge is -2.27. The molecule has 1 aromatic rings. The average Bonchev–Trinajstić information content (AvgIpc) is 2.35. The number of ether oxygens (including phenoxy) is 1. The van der Waals surface area contributed by atoms with Gasteiger partial charge in [0.15, 0.2) is 0 Å². The summed E-state index contributed by atoms with van der Waals surface area (Å²) in [6, 6.07) is 2.44. The van der Waals surface area contributed by atoms with Crippen molar-refractivity contribution in [3.8, 4) is 18.1 Å². The molecule has 1 N–H and O–H groups in total. The Morgan fingerprint density at radius 2 is 2.10 bits per heavy atom. The third-order valence-electron chi connectivity index (χ3n) is 2.64. The van der Waals surface area contributed by atoms with E-state index in [1.54, 1.807) is 0 Å². The number of hydrogen-bond acceptors (Lipinski definition) is 2. The maximum absolute atomic E-state index is 12.8. The van der Waals surface area contributed by atoms with E-state index < -0.39 is 23.8 Å². The van der Waals surface area contributed by atoms with Crippen LogP contribution >= 0.6 is 11.6 Å². The smallest absolute Gasteiger partial charge is 0.430 e. The summed E-state index contributed by atoms with van der Waals surface area (Å²) in [6.45, 7) is 0. The number of rotatable bonds is 1. The van der Waals surface area contributed by atoms with Gasteiger partial charge in [0.25, 0.3) is 0 Å². The van der Waals surface area contributed by atoms with Gasteiger partial charge in [0.05, 0.1) is 10.6 Å². The lowest BCUT2D eigenvalue weighted by molar-refractivity contribution is -0.187. The molecule has 20 heavy (non-hydrogen) atoms. The summed E-state index contributed by atoms with van der Waals surface area (Å²) in [4.78, 5) is 10.9. The van der Waals surface area contributed by atoms with Crippen molar-refractivity contribution in [2.24, 2.45) is 0 Å². The topological polar surface area (TPSA) is 46.5 Å². The standard InChI is InChI=1S/C13H6ClF3O3/c1-2-6-5-10-7(4-9(6)14)3-8(12(18)19)11(20-10)13(15,16)17/h1,3-5,11H,(H,18,19). The Morgan fingerprint density at radius 3 is 2.60 bits per heavy atom. The Hall–Kier alpha value is -2.13. The molecule has 0 radical (unpaired) electrons. The first-order valence-electron chi connectivity index (χ1n) is 5.22. The fourth-order valence-corrected chi connectivity index (χ4v) is 1.97. The van der Waals surface area contributed by atoms with Crippen LogP contribution in [0.5, 0.6) is 5.75 Å². The minimum atomic E-state index is -4.85. The number of alkyl halides is 3. The number of carbonyl (C=O) groups is 1. The number of carboxylic acid groups (broad SMARTS) is 1. The first-order chi connectivity index (χ1) is 9.24. The highest BCUT2D eigenvalue weighted by molar-refractivity contribution is 6.32. The molecule has 0 spiro atoms. The van der Waals surface area contributed by atoms with E-state index in [0.29, 0.717) is 0 Å². The summed E-state index contributed by atoms with van der Waals surface area (Å²) < 4.78 is 43.2. The second-order valence-corrected chi connectivity index (χ2v) is 4.37. The number of terminal acetylenes is 1. The maximum Gasteiger partial charge on any atom is 0.430 e. The normalized spacial score (nSPS) is 17.6. The van der Waals surface area contributed by atoms with Crippen molar-refractivity contribution in [1.82, 2.24) is 0 Å². The van der Waals surface area contributed by atoms with Crippen molar-refractivity contribution in [1.29, 1.82) is 0 Å². The molecule has 1 unspecified atom stereocenters. The van der Waals surface area contributed by atoms with Gasteiger partial charge < -0.3 is 9.84 Å². The van der Waals surface area contributed by atoms with E-state index in [9.17, 15) is 18.0 Å². The Labute approximate surface area is 116 Å². The summed E-state index contributed by atoms with van der Waals surface area (Å²) in [6.07, 6.45) is -1.35. The highest BCUT2D eigenvalue weighted by atomic mass is 35.5. The molecular weight excluding hydrogens is 297 g/mol. The summed E-state index contributed by atoms with van der Waals surface area (Å²) in [5.74, 6) is 0.332. The van der Waals surface area contributed by atoms with Crippen molar-refractivity contribution in [3.63, 3.8) is 0 Å². The van der Waals surface area contributed by atoms with Gasteiger partial charge >= 0.3 is 12.1 Å². The SMILES string of the molecule is C#Cc1cc2c(cc1Cl)C=C(C(=O)O)C(C(F)(F)F)O2. The van der Waals surface area contributed by atoms with Crippen molar-refractivity contribution in [2.45, 2.75) is 12.3 Å². The first kappa shape index (κ1) is 14.3. The molecule has 1 aromatic carbocycles. The zero-order valence-electron chi connectivity index (χ0n) is 9.66. The first-order valence-corrected chi connectivity index (χ1v) is 5.60. The second-order valence-electron chi connectivity index (χ2n) is 3.96. The van der Waals surface area contributed by atoms with E-state index in [4.69, 9.17) is 27.9 Å². The van der Waals surface area contributed by atoms with Crippen LogP contribution in [0, 0.1) is 12.3 Å². The third kappa shape index (κ3) is 2.45. The molecule has 7 heteroatoms. The van der Waals surface area contributed by atoms with Gasteiger partial charge in [-0.2, -0.15) is 13.2 Å². The number of halogens is 4. The molecule has 1 aliphatic heterocycles. The van der Waals surface area contributed by atoms with E-state index in [0.717, 1.165) is 6.08 Å². The quantitative estimate of drug-likeness (QED) is 0.811. The zero-order chi connectivity index (χ0) is 15.1. The molecule has 3 nitrogen and oxygen atoms in total. The van der Waals surface area contributed by atoms with E-state index in [1.807, 2.05) is 0 Å². The van der Waals surface area contributed by atoms with E-state index in [-0.39, 0.29) is 21.9 Å². The van der Waals surface area contributed by atoms with Crippen LogP contribution in [0.15, 0.2) is 17.7 Å². The lowest BCUT2D eigenvalue weighted by atomic mass is 10.00. The molecular formula is C13H6ClF3O3. The van der Waals surface area contributed by atoms with Gasteiger partial charge in [0.2, 0.25) is 6.10 Å². The molecule has 0 saturated heterocycles. The van der Waals surface area contributed by atoms with Crippen molar-refractivity contribution in [3.05, 3.63) is 33.9 Å². The Kier molecular flexibility index (Phi) is 3.40. The zero-order valence-corrected chi connectivity index (χ0v) is 10.4. The number of fused-ring (bicyclic) bond motifs is 1. The molecule has 1 heterocycles. The fourth-order valence-electron chi connectivity index (χ4n) is 1.74. The fraction of sp³-hybridized carbons (Fsp3) is 0.154. The predicted octanol–water partition coefficient (Wildman–Crippen LogP) is 3.11. The summed E-state index contributed by atoms with van der Waals surface area (Å²) in [5.41, 5.74) is -0.611. The molecule has 0 bridgehead atoms. The molecule has 0 aliphatic carbocycles. The Balaban J connectivity index is 2.60. The van der Waals surface area contributed by atoms with Crippen LogP contribution in [-0.4, -0.2) is 23.4 Å². The van der Waals surface area contributed by atoms with Gasteiger partial charge in [0, 0.05) is 11.1 Å². The number of benzene rings is 1. The highest BCUT2D eigenvalue weighted by Crippen LogP contribution is 2.39. The molecule has 0 aromatic heterocycles. The molecule has 0 amide bonds. The van der Waals surface area contributed by atoms with Crippen LogP contribution in [-0.2, 0) is 4.79 Å². The molecule has 0 fully saturated rings. The molecule has 104 valence electrons. The molecule has 1 aliphatic rings. The van der Waals surface area contributed by atoms with E-state index in [2.05, 4.69) is 5.92 Å². The van der Waals surface area contributed by atoms with Crippen LogP contribution in [0.3, 0.4) is 0 Å². The van der Waals surface area contributed by atoms with Gasteiger partial charge in [-0.1, -0.05) is 17.5 Å². The summed E-state index contributed by atoms with van der Waals surface area (Å²) >= 11 is 5.82. The van der Waals surface area contributed by atoms with Crippen LogP contribution in [0.25, 0.3) is 6.08 Å². The lowest BCUT2D eigenvalue weighted by Crippen LogP contribution is -2.40. The van der Waals surface area contributed by atoms with Crippen LogP contribution in [0.4, 0.5) is 13.2 Å². The summed E-state index contributed by atoms with van der Waals surface area (Å²) in [5, 5.41) is 8.98. The molecule has 1 atom stereocenters. The Morgan fingerprint density at radius 1 is 1.45 bits per heavy atom. The van der Waals surface area contributed by atoms with Crippen LogP contribution < -0.4 is 4.74 Å². The van der Waals surface area contributed by atoms with Gasteiger partial charge in [-0.25, -0.2) is 4.79 Å². The highest BCUT2D eigenvalue weighted by Gasteiger charge is 2.48. The molecule has 2 rings (SSSR count). The number of aliphatic carboxylic acids is 1. The minimum absolute atomic E-state index is 0.126. The van der Waals surface area contributed by atoms with E-state index in [1.165, 1.54) is 12.1 Å². The maximum atomic E-state index is 12.8. The number of hydrogen-bond donors (Lipinski definition) is 1. The van der Waals surface area contributed by atoms with Crippen molar-refractivity contribution in [2.75, 3.05) is 0 Å². The molecule has 0 saturated carbocycles. The Bertz CT molecular complexity index is 656. The van der Waals surface area contributed by atoms with E-state index >= 15 is 0 Å². The van der Waals surface area contributed by atoms with Crippen LogP contribution in [0.1, 0.15) is 11.1 Å². The summed E-state index contributed by atoms with van der Waals surface area (Å²) in [7, 11) is 0. The van der Waals surface area contributed by atoms with Crippen LogP contribution in [0.2, 0.25) is 5.02 Å². The van der Waals surface area contributed by atoms with Crippen molar-refractivity contribution < 1.29 is 27.8 Å². The third-order valence-corrected chi connectivity index (χ3v) is 2.95. The van der Waals surface area contributed by atoms with Gasteiger partial charge in [-0.3, -0.25) is 0 Å². The minimum Gasteiger partial charge on any atom is -0.478 e. The number of carboxylic acids is 1. The second kappa shape index (κ2) is 4.76. The van der Waals surface area contributed by atoms with Crippen molar-refractivity contribution >= 4 is 23.6 Å². The monoisotopic (exact) mass is 302 g/mol. The van der Waals surface area contributed by atoms with Gasteiger partial charge in [-0.15, -0.1) is 6.42 Å². The predicted molar refractivity (Wildman–Crippen MR) is 65.5 cm³/mol. The largest absolute Gasteiger partial charge is 0.478 e.